The van der Waals surface area contributed by atoms with Crippen LogP contribution in [0.25, 0.3) is 0 Å². The summed E-state index contributed by atoms with van der Waals surface area (Å²) in [5, 5.41) is 7.27. The van der Waals surface area contributed by atoms with Gasteiger partial charge in [0, 0.05) is 18.7 Å². The third-order valence-electron chi connectivity index (χ3n) is 5.93. The summed E-state index contributed by atoms with van der Waals surface area (Å²) < 4.78 is 20.2. The molecule has 0 radical (unpaired) electrons. The molecule has 1 amide bonds. The molecule has 4 rings (SSSR count). The molecule has 1 fully saturated rings. The van der Waals surface area contributed by atoms with Gasteiger partial charge in [0.1, 0.15) is 22.9 Å². The molecule has 162 valence electrons. The standard InChI is InChI=1S/C23H24ClFN4O2/c1-29-22(26)20(23(30)27-16-7-10-19(25)18(24)12-16)21(28-29)15-4-3-14(11-15)13-5-8-17(31-2)9-6-13/h5-10,12,14-15H,3-4,11,26H2,1-2H3,(H,27,30)/t14-,15+/m0/s1. The molecule has 1 saturated carbocycles. The third-order valence-corrected chi connectivity index (χ3v) is 6.22. The van der Waals surface area contributed by atoms with Crippen molar-refractivity contribution in [2.24, 2.45) is 7.05 Å². The fourth-order valence-corrected chi connectivity index (χ4v) is 4.43. The zero-order valence-corrected chi connectivity index (χ0v) is 18.1. The molecule has 0 spiro atoms. The van der Waals surface area contributed by atoms with Gasteiger partial charge in [0.2, 0.25) is 0 Å². The Hall–Kier alpha value is -3.06. The summed E-state index contributed by atoms with van der Waals surface area (Å²) in [6, 6.07) is 12.1. The number of carbonyl (C=O) groups excluding carboxylic acids is 1. The van der Waals surface area contributed by atoms with Crippen molar-refractivity contribution in [2.75, 3.05) is 18.2 Å². The SMILES string of the molecule is COc1ccc([C@H]2CC[C@@H](c3nn(C)c(N)c3C(=O)Nc3ccc(F)c(Cl)c3)C2)cc1. The number of nitrogens with one attached hydrogen (secondary N) is 1. The summed E-state index contributed by atoms with van der Waals surface area (Å²) in [6.45, 7) is 0. The first-order valence-electron chi connectivity index (χ1n) is 10.1. The van der Waals surface area contributed by atoms with Crippen molar-refractivity contribution < 1.29 is 13.9 Å². The van der Waals surface area contributed by atoms with Crippen LogP contribution in [0.15, 0.2) is 42.5 Å². The summed E-state index contributed by atoms with van der Waals surface area (Å²) in [6.07, 6.45) is 2.79. The first-order chi connectivity index (χ1) is 14.9. The second-order valence-corrected chi connectivity index (χ2v) is 8.24. The van der Waals surface area contributed by atoms with Gasteiger partial charge in [-0.05, 0) is 61.1 Å². The molecule has 1 aliphatic carbocycles. The summed E-state index contributed by atoms with van der Waals surface area (Å²) in [4.78, 5) is 13.0. The van der Waals surface area contributed by atoms with Crippen LogP contribution in [0.1, 0.15) is 52.7 Å². The predicted molar refractivity (Wildman–Crippen MR) is 119 cm³/mol. The number of rotatable bonds is 5. The number of amides is 1. The van der Waals surface area contributed by atoms with Crippen LogP contribution in [0.2, 0.25) is 5.02 Å². The summed E-state index contributed by atoms with van der Waals surface area (Å²) in [7, 11) is 3.37. The van der Waals surface area contributed by atoms with Gasteiger partial charge in [0.15, 0.2) is 0 Å². The average molecular weight is 443 g/mol. The molecule has 0 saturated heterocycles. The molecule has 1 heterocycles. The number of nitrogen functional groups attached to an aromatic ring is 1. The largest absolute Gasteiger partial charge is 0.497 e. The number of anilines is 2. The number of methoxy groups -OCH3 is 1. The first-order valence-corrected chi connectivity index (χ1v) is 10.5. The molecule has 3 aromatic rings. The van der Waals surface area contributed by atoms with Crippen LogP contribution in [0, 0.1) is 5.82 Å². The van der Waals surface area contributed by atoms with Gasteiger partial charge < -0.3 is 15.8 Å². The van der Waals surface area contributed by atoms with Gasteiger partial charge in [-0.3, -0.25) is 9.48 Å². The smallest absolute Gasteiger partial charge is 0.261 e. The Morgan fingerprint density at radius 3 is 2.61 bits per heavy atom. The maximum Gasteiger partial charge on any atom is 0.261 e. The molecule has 0 bridgehead atoms. The van der Waals surface area contributed by atoms with Crippen LogP contribution >= 0.6 is 11.6 Å². The van der Waals surface area contributed by atoms with Crippen molar-refractivity contribution in [3.8, 4) is 5.75 Å². The molecule has 2 aromatic carbocycles. The first kappa shape index (κ1) is 21.2. The third kappa shape index (κ3) is 4.23. The molecular formula is C23H24ClFN4O2. The van der Waals surface area contributed by atoms with Gasteiger partial charge in [-0.25, -0.2) is 4.39 Å². The highest BCUT2D eigenvalue weighted by molar-refractivity contribution is 6.31. The average Bonchev–Trinajstić information content (AvgIpc) is 3.36. The Balaban J connectivity index is 1.56. The molecule has 1 aromatic heterocycles. The summed E-state index contributed by atoms with van der Waals surface area (Å²) in [5.74, 6) is 0.705. The van der Waals surface area contributed by atoms with E-state index in [1.54, 1.807) is 14.2 Å². The van der Waals surface area contributed by atoms with E-state index in [1.807, 2.05) is 12.1 Å². The summed E-state index contributed by atoms with van der Waals surface area (Å²) >= 11 is 5.83. The number of ether oxygens (including phenoxy) is 1. The van der Waals surface area contributed by atoms with Crippen molar-refractivity contribution in [3.05, 3.63) is 70.1 Å². The lowest BCUT2D eigenvalue weighted by atomic mass is 9.94. The second kappa shape index (κ2) is 8.59. The van der Waals surface area contributed by atoms with Gasteiger partial charge in [0.25, 0.3) is 5.91 Å². The highest BCUT2D eigenvalue weighted by Gasteiger charge is 2.33. The molecule has 0 aliphatic heterocycles. The Kier molecular flexibility index (Phi) is 5.87. The number of carbonyl (C=O) groups is 1. The minimum atomic E-state index is -0.545. The second-order valence-electron chi connectivity index (χ2n) is 7.83. The lowest BCUT2D eigenvalue weighted by Gasteiger charge is -2.13. The van der Waals surface area contributed by atoms with Gasteiger partial charge in [-0.15, -0.1) is 0 Å². The number of nitrogens with zero attached hydrogens (tertiary/aromatic N) is 2. The topological polar surface area (TPSA) is 82.2 Å². The van der Waals surface area contributed by atoms with Gasteiger partial charge >= 0.3 is 0 Å². The van der Waals surface area contributed by atoms with Crippen LogP contribution in [-0.4, -0.2) is 22.8 Å². The minimum Gasteiger partial charge on any atom is -0.497 e. The van der Waals surface area contributed by atoms with Crippen LogP contribution in [0.3, 0.4) is 0 Å². The highest BCUT2D eigenvalue weighted by Crippen LogP contribution is 2.45. The Bertz CT molecular complexity index is 1110. The zero-order valence-electron chi connectivity index (χ0n) is 17.4. The number of hydrogen-bond donors (Lipinski definition) is 2. The molecule has 2 atom stereocenters. The van der Waals surface area contributed by atoms with Crippen LogP contribution in [0.5, 0.6) is 5.75 Å². The maximum absolute atomic E-state index is 13.4. The highest BCUT2D eigenvalue weighted by atomic mass is 35.5. The number of benzene rings is 2. The minimum absolute atomic E-state index is 0.0599. The molecule has 0 unspecified atom stereocenters. The van der Waals surface area contributed by atoms with Crippen molar-refractivity contribution in [2.45, 2.75) is 31.1 Å². The van der Waals surface area contributed by atoms with E-state index in [0.29, 0.717) is 28.7 Å². The number of nitrogens with two attached hydrogens (primary N) is 1. The van der Waals surface area contributed by atoms with Crippen LogP contribution in [0.4, 0.5) is 15.9 Å². The van der Waals surface area contributed by atoms with E-state index in [2.05, 4.69) is 22.5 Å². The van der Waals surface area contributed by atoms with Crippen LogP contribution < -0.4 is 15.8 Å². The normalized spacial score (nSPS) is 18.2. The van der Waals surface area contributed by atoms with Crippen LogP contribution in [-0.2, 0) is 7.05 Å². The Labute approximate surface area is 185 Å². The van der Waals surface area contributed by atoms with E-state index in [4.69, 9.17) is 22.1 Å². The van der Waals surface area contributed by atoms with E-state index >= 15 is 0 Å². The lowest BCUT2D eigenvalue weighted by molar-refractivity contribution is 0.102. The van der Waals surface area contributed by atoms with Crippen molar-refractivity contribution in [1.82, 2.24) is 9.78 Å². The fourth-order valence-electron chi connectivity index (χ4n) is 4.25. The maximum atomic E-state index is 13.4. The Morgan fingerprint density at radius 1 is 1.23 bits per heavy atom. The lowest BCUT2D eigenvalue weighted by Crippen LogP contribution is -2.16. The summed E-state index contributed by atoms with van der Waals surface area (Å²) in [5.41, 5.74) is 8.90. The van der Waals surface area contributed by atoms with Gasteiger partial charge in [0.05, 0.1) is 17.8 Å². The van der Waals surface area contributed by atoms with Crippen molar-refractivity contribution >= 4 is 29.0 Å². The van der Waals surface area contributed by atoms with E-state index in [9.17, 15) is 9.18 Å². The quantitative estimate of drug-likeness (QED) is 0.575. The van der Waals surface area contributed by atoms with Crippen molar-refractivity contribution in [1.29, 1.82) is 0 Å². The molecule has 3 N–H and O–H groups in total. The number of aryl methyl sites for hydroxylation is 1. The van der Waals surface area contributed by atoms with Gasteiger partial charge in [-0.1, -0.05) is 23.7 Å². The number of aromatic nitrogens is 2. The zero-order chi connectivity index (χ0) is 22.1. The van der Waals surface area contributed by atoms with Crippen molar-refractivity contribution in [3.63, 3.8) is 0 Å². The molecule has 8 heteroatoms. The van der Waals surface area contributed by atoms with E-state index in [0.717, 1.165) is 25.0 Å². The van der Waals surface area contributed by atoms with E-state index < -0.39 is 5.82 Å². The molecule has 1 aliphatic rings. The Morgan fingerprint density at radius 2 is 1.94 bits per heavy atom. The van der Waals surface area contributed by atoms with E-state index in [-0.39, 0.29) is 16.8 Å². The number of hydrogen-bond acceptors (Lipinski definition) is 4. The molecule has 31 heavy (non-hydrogen) atoms. The monoisotopic (exact) mass is 442 g/mol. The van der Waals surface area contributed by atoms with Gasteiger partial charge in [-0.2, -0.15) is 5.10 Å². The molecule has 6 nitrogen and oxygen atoms in total. The number of halogens is 2. The van der Waals surface area contributed by atoms with E-state index in [1.165, 1.54) is 28.4 Å². The predicted octanol–water partition coefficient (Wildman–Crippen LogP) is 5.11. The molecular weight excluding hydrogens is 419 g/mol. The fraction of sp³-hybridized carbons (Fsp3) is 0.304.